The van der Waals surface area contributed by atoms with Crippen LogP contribution in [0.3, 0.4) is 0 Å². The van der Waals surface area contributed by atoms with Crippen molar-refractivity contribution in [3.05, 3.63) is 24.3 Å². The molecule has 0 atom stereocenters. The van der Waals surface area contributed by atoms with Gasteiger partial charge in [0.15, 0.2) is 0 Å². The molecule has 0 fully saturated rings. The molecule has 0 aliphatic carbocycles. The zero-order chi connectivity index (χ0) is 12.2. The third kappa shape index (κ3) is 4.31. The van der Waals surface area contributed by atoms with Crippen LogP contribution in [-0.2, 0) is 14.6 Å². The summed E-state index contributed by atoms with van der Waals surface area (Å²) in [5.74, 6) is -0.519. The number of carbonyl (C=O) groups is 1. The van der Waals surface area contributed by atoms with Gasteiger partial charge in [0.25, 0.3) is 0 Å². The van der Waals surface area contributed by atoms with E-state index in [4.69, 9.17) is 5.73 Å². The van der Waals surface area contributed by atoms with Crippen LogP contribution >= 0.6 is 0 Å². The smallest absolute Gasteiger partial charge is 0.225 e. The van der Waals surface area contributed by atoms with Crippen LogP contribution < -0.4 is 11.1 Å². The number of nitrogens with one attached hydrogen (secondary N) is 1. The van der Waals surface area contributed by atoms with Gasteiger partial charge in [-0.3, -0.25) is 4.79 Å². The predicted octanol–water partition coefficient (Wildman–Crippen LogP) is 0.642. The predicted molar refractivity (Wildman–Crippen MR) is 63.8 cm³/mol. The molecule has 0 bridgehead atoms. The maximum atomic E-state index is 11.4. The minimum absolute atomic E-state index is 0.0623. The number of carbonyl (C=O) groups excluding carboxylic acids is 1. The van der Waals surface area contributed by atoms with Gasteiger partial charge in [-0.25, -0.2) is 8.42 Å². The maximum Gasteiger partial charge on any atom is 0.225 e. The number of rotatable bonds is 4. The molecule has 0 saturated heterocycles. The normalized spacial score (nSPS) is 11.1. The second kappa shape index (κ2) is 4.98. The molecule has 0 radical (unpaired) electrons. The first-order chi connectivity index (χ1) is 7.38. The number of anilines is 2. The first-order valence-electron chi connectivity index (χ1n) is 4.70. The summed E-state index contributed by atoms with van der Waals surface area (Å²) in [4.78, 5) is 11.4. The molecule has 0 spiro atoms. The zero-order valence-corrected chi connectivity index (χ0v) is 9.75. The SMILES string of the molecule is CS(=O)(=O)CCC(=O)Nc1ccccc1N. The Bertz CT molecular complexity index is 483. The Labute approximate surface area is 94.6 Å². The van der Waals surface area contributed by atoms with Crippen LogP contribution in [-0.4, -0.2) is 26.3 Å². The quantitative estimate of drug-likeness (QED) is 0.758. The topological polar surface area (TPSA) is 89.3 Å². The third-order valence-electron chi connectivity index (χ3n) is 1.93. The molecule has 0 aliphatic heterocycles. The highest BCUT2D eigenvalue weighted by molar-refractivity contribution is 7.90. The van der Waals surface area contributed by atoms with Crippen LogP contribution in [0.25, 0.3) is 0 Å². The van der Waals surface area contributed by atoms with E-state index in [1.54, 1.807) is 24.3 Å². The molecule has 1 aromatic carbocycles. The molecule has 1 amide bonds. The average molecular weight is 242 g/mol. The van der Waals surface area contributed by atoms with E-state index in [0.29, 0.717) is 11.4 Å². The van der Waals surface area contributed by atoms with Crippen molar-refractivity contribution in [2.24, 2.45) is 0 Å². The van der Waals surface area contributed by atoms with Crippen molar-refractivity contribution >= 4 is 27.1 Å². The van der Waals surface area contributed by atoms with Gasteiger partial charge in [0.1, 0.15) is 9.84 Å². The van der Waals surface area contributed by atoms with Crippen molar-refractivity contribution in [3.63, 3.8) is 0 Å². The van der Waals surface area contributed by atoms with Crippen molar-refractivity contribution < 1.29 is 13.2 Å². The summed E-state index contributed by atoms with van der Waals surface area (Å²) in [5.41, 5.74) is 6.57. The highest BCUT2D eigenvalue weighted by Crippen LogP contribution is 2.16. The fraction of sp³-hybridized carbons (Fsp3) is 0.300. The van der Waals surface area contributed by atoms with Crippen molar-refractivity contribution in [2.75, 3.05) is 23.1 Å². The lowest BCUT2D eigenvalue weighted by Gasteiger charge is -2.06. The summed E-state index contributed by atoms with van der Waals surface area (Å²) in [6.07, 6.45) is 1.03. The van der Waals surface area contributed by atoms with Crippen molar-refractivity contribution in [1.82, 2.24) is 0 Å². The van der Waals surface area contributed by atoms with Gasteiger partial charge in [0.2, 0.25) is 5.91 Å². The summed E-state index contributed by atoms with van der Waals surface area (Å²) in [6, 6.07) is 6.81. The van der Waals surface area contributed by atoms with E-state index in [-0.39, 0.29) is 18.1 Å². The minimum Gasteiger partial charge on any atom is -0.397 e. The summed E-state index contributed by atoms with van der Waals surface area (Å²) < 4.78 is 21.7. The molecule has 16 heavy (non-hydrogen) atoms. The van der Waals surface area contributed by atoms with E-state index in [0.717, 1.165) is 6.26 Å². The van der Waals surface area contributed by atoms with Crippen molar-refractivity contribution in [2.45, 2.75) is 6.42 Å². The molecule has 88 valence electrons. The largest absolute Gasteiger partial charge is 0.397 e. The zero-order valence-electron chi connectivity index (χ0n) is 8.93. The lowest BCUT2D eigenvalue weighted by Crippen LogP contribution is -2.17. The summed E-state index contributed by atoms with van der Waals surface area (Å²) in [7, 11) is -3.11. The van der Waals surface area contributed by atoms with Crippen LogP contribution in [0.2, 0.25) is 0 Å². The van der Waals surface area contributed by atoms with Gasteiger partial charge >= 0.3 is 0 Å². The first kappa shape index (κ1) is 12.5. The number of nitrogen functional groups attached to an aromatic ring is 1. The highest BCUT2D eigenvalue weighted by atomic mass is 32.2. The van der Waals surface area contributed by atoms with Gasteiger partial charge in [-0.1, -0.05) is 12.1 Å². The molecule has 3 N–H and O–H groups in total. The van der Waals surface area contributed by atoms with E-state index in [1.165, 1.54) is 0 Å². The summed E-state index contributed by atoms with van der Waals surface area (Å²) in [6.45, 7) is 0. The molecule has 1 aromatic rings. The third-order valence-corrected chi connectivity index (χ3v) is 2.88. The van der Waals surface area contributed by atoms with Crippen molar-refractivity contribution in [3.8, 4) is 0 Å². The maximum absolute atomic E-state index is 11.4. The second-order valence-corrected chi connectivity index (χ2v) is 5.78. The first-order valence-corrected chi connectivity index (χ1v) is 6.76. The Kier molecular flexibility index (Phi) is 3.89. The number of amides is 1. The molecule has 0 heterocycles. The van der Waals surface area contributed by atoms with Crippen LogP contribution in [0.5, 0.6) is 0 Å². The standard InChI is InChI=1S/C10H14N2O3S/c1-16(14,15)7-6-10(13)12-9-5-3-2-4-8(9)11/h2-5H,6-7,11H2,1H3,(H,12,13). The number of benzene rings is 1. The summed E-state index contributed by atoms with van der Waals surface area (Å²) >= 11 is 0. The molecule has 0 unspecified atom stereocenters. The molecule has 0 aromatic heterocycles. The minimum atomic E-state index is -3.11. The Morgan fingerprint density at radius 3 is 2.56 bits per heavy atom. The fourth-order valence-corrected chi connectivity index (χ4v) is 1.66. The molecule has 0 aliphatic rings. The van der Waals surface area contributed by atoms with Gasteiger partial charge in [0, 0.05) is 12.7 Å². The average Bonchev–Trinajstić information content (AvgIpc) is 2.18. The monoisotopic (exact) mass is 242 g/mol. The Hall–Kier alpha value is -1.56. The Morgan fingerprint density at radius 1 is 1.38 bits per heavy atom. The second-order valence-electron chi connectivity index (χ2n) is 3.52. The molecule has 1 rings (SSSR count). The van der Waals surface area contributed by atoms with Crippen LogP contribution in [0.15, 0.2) is 24.3 Å². The van der Waals surface area contributed by atoms with Crippen LogP contribution in [0.4, 0.5) is 11.4 Å². The number of hydrogen-bond donors (Lipinski definition) is 2. The number of sulfone groups is 1. The number of para-hydroxylation sites is 2. The number of hydrogen-bond acceptors (Lipinski definition) is 4. The van der Waals surface area contributed by atoms with Gasteiger partial charge in [-0.15, -0.1) is 0 Å². The lowest BCUT2D eigenvalue weighted by molar-refractivity contribution is -0.115. The Morgan fingerprint density at radius 2 is 2.00 bits per heavy atom. The van der Waals surface area contributed by atoms with E-state index in [1.807, 2.05) is 0 Å². The molecular formula is C10H14N2O3S. The van der Waals surface area contributed by atoms with Gasteiger partial charge in [0.05, 0.1) is 17.1 Å². The molecule has 5 nitrogen and oxygen atoms in total. The lowest BCUT2D eigenvalue weighted by atomic mass is 10.2. The van der Waals surface area contributed by atoms with E-state index in [9.17, 15) is 13.2 Å². The summed E-state index contributed by atoms with van der Waals surface area (Å²) in [5, 5.41) is 2.55. The van der Waals surface area contributed by atoms with Crippen LogP contribution in [0.1, 0.15) is 6.42 Å². The van der Waals surface area contributed by atoms with Gasteiger partial charge in [-0.2, -0.15) is 0 Å². The molecule has 6 heteroatoms. The van der Waals surface area contributed by atoms with Crippen LogP contribution in [0, 0.1) is 0 Å². The van der Waals surface area contributed by atoms with E-state index < -0.39 is 9.84 Å². The number of nitrogens with two attached hydrogens (primary N) is 1. The van der Waals surface area contributed by atoms with E-state index >= 15 is 0 Å². The van der Waals surface area contributed by atoms with Crippen molar-refractivity contribution in [1.29, 1.82) is 0 Å². The van der Waals surface area contributed by atoms with E-state index in [2.05, 4.69) is 5.32 Å². The Balaban J connectivity index is 2.56. The van der Waals surface area contributed by atoms with Gasteiger partial charge in [-0.05, 0) is 12.1 Å². The molecular weight excluding hydrogens is 228 g/mol. The highest BCUT2D eigenvalue weighted by Gasteiger charge is 2.08. The van der Waals surface area contributed by atoms with Gasteiger partial charge < -0.3 is 11.1 Å². The molecule has 0 saturated carbocycles. The fourth-order valence-electron chi connectivity index (χ4n) is 1.10.